The van der Waals surface area contributed by atoms with Crippen molar-refractivity contribution in [3.05, 3.63) is 316 Å². The molecule has 0 N–H and O–H groups in total. The summed E-state index contributed by atoms with van der Waals surface area (Å²) in [7, 11) is 0. The van der Waals surface area contributed by atoms with Gasteiger partial charge in [-0.1, -0.05) is 206 Å². The van der Waals surface area contributed by atoms with Crippen LogP contribution in [-0.2, 0) is 0 Å². The number of aromatic nitrogens is 4. The molecule has 4 aromatic heterocycles. The maximum atomic E-state index is 5.11. The van der Waals surface area contributed by atoms with Crippen LogP contribution in [0.4, 0.5) is 34.1 Å². The Bertz CT molecular complexity index is 4130. The zero-order valence-corrected chi connectivity index (χ0v) is 43.7. The summed E-state index contributed by atoms with van der Waals surface area (Å²) < 4.78 is 4.36. The molecule has 0 aliphatic carbocycles. The fourth-order valence-electron chi connectivity index (χ4n) is 11.1. The molecule has 0 amide bonds. The highest BCUT2D eigenvalue weighted by atomic mass is 15.1. The van der Waals surface area contributed by atoms with Gasteiger partial charge in [0, 0.05) is 68.8 Å². The van der Waals surface area contributed by atoms with Crippen LogP contribution in [-0.4, -0.2) is 18.8 Å². The number of hydrogen-bond acceptors (Lipinski definition) is 4. The molecule has 0 atom stereocenters. The summed E-state index contributed by atoms with van der Waals surface area (Å²) in [6, 6.07) is 108. The predicted molar refractivity (Wildman–Crippen MR) is 331 cm³/mol. The molecule has 0 aliphatic heterocycles. The summed E-state index contributed by atoms with van der Waals surface area (Å²) in [6.45, 7) is 0. The monoisotopic (exact) mass is 1020 g/mol. The van der Waals surface area contributed by atoms with Crippen LogP contribution in [0.5, 0.6) is 0 Å². The van der Waals surface area contributed by atoms with Crippen LogP contribution < -0.4 is 9.80 Å². The Hall–Kier alpha value is -10.8. The molecular weight excluding hydrogens is 973 g/mol. The Balaban J connectivity index is 0.733. The van der Waals surface area contributed by atoms with Gasteiger partial charge in [0.05, 0.1) is 22.8 Å². The molecule has 6 heteroatoms. The molecule has 6 nitrogen and oxygen atoms in total. The molecule has 0 unspecified atom stereocenters. The van der Waals surface area contributed by atoms with Crippen molar-refractivity contribution in [3.63, 3.8) is 0 Å². The summed E-state index contributed by atoms with van der Waals surface area (Å²) in [5.41, 5.74) is 23.6. The first-order valence-electron chi connectivity index (χ1n) is 27.0. The van der Waals surface area contributed by atoms with Crippen LogP contribution in [0.2, 0.25) is 0 Å². The molecule has 14 rings (SSSR count). The van der Waals surface area contributed by atoms with Crippen LogP contribution in [0, 0.1) is 0 Å². The predicted octanol–water partition coefficient (Wildman–Crippen LogP) is 19.6. The quantitative estimate of drug-likeness (QED) is 0.115. The van der Waals surface area contributed by atoms with E-state index in [-0.39, 0.29) is 0 Å². The van der Waals surface area contributed by atoms with Gasteiger partial charge in [-0.15, -0.1) is 0 Å². The maximum absolute atomic E-state index is 5.11. The van der Waals surface area contributed by atoms with Crippen molar-refractivity contribution in [1.82, 2.24) is 18.8 Å². The third-order valence-electron chi connectivity index (χ3n) is 15.0. The van der Waals surface area contributed by atoms with Gasteiger partial charge in [0.2, 0.25) is 0 Å². The molecule has 0 saturated heterocycles. The fourth-order valence-corrected chi connectivity index (χ4v) is 11.1. The number of hydrogen-bond donors (Lipinski definition) is 0. The van der Waals surface area contributed by atoms with E-state index in [0.717, 1.165) is 124 Å². The highest BCUT2D eigenvalue weighted by molar-refractivity contribution is 5.87. The first kappa shape index (κ1) is 47.6. The molecule has 0 saturated carbocycles. The second kappa shape index (κ2) is 21.0. The molecular formula is C74H52N6. The number of anilines is 6. The van der Waals surface area contributed by atoms with Crippen LogP contribution in [0.15, 0.2) is 316 Å². The van der Waals surface area contributed by atoms with Gasteiger partial charge in [0.1, 0.15) is 11.3 Å². The number of pyridine rings is 2. The smallest absolute Gasteiger partial charge is 0.137 e. The SMILES string of the molecule is c1ccc(-c2c(-c3ccc(-c4cccc(N(c5ccccc5)c5ccc(-c6ccc(N(c7ccccc7)c7cccc(-c8ccc(-c9nc%10ccccn%10c9-c9ccccc9)cc8)c7)cc6)cc5)c4)cc3)nc3ccccn23)cc1. The van der Waals surface area contributed by atoms with Gasteiger partial charge >= 0.3 is 0 Å². The second-order valence-electron chi connectivity index (χ2n) is 19.9. The Morgan fingerprint density at radius 2 is 0.500 bits per heavy atom. The molecule has 0 aliphatic rings. The Morgan fingerprint density at radius 1 is 0.212 bits per heavy atom. The summed E-state index contributed by atoms with van der Waals surface area (Å²) >= 11 is 0. The summed E-state index contributed by atoms with van der Waals surface area (Å²) in [5, 5.41) is 0. The van der Waals surface area contributed by atoms with E-state index in [2.05, 4.69) is 322 Å². The third-order valence-corrected chi connectivity index (χ3v) is 15.0. The van der Waals surface area contributed by atoms with E-state index in [4.69, 9.17) is 9.97 Å². The maximum Gasteiger partial charge on any atom is 0.137 e. The van der Waals surface area contributed by atoms with E-state index in [1.807, 2.05) is 12.1 Å². The average molecular weight is 1030 g/mol. The Kier molecular flexibility index (Phi) is 12.5. The highest BCUT2D eigenvalue weighted by Gasteiger charge is 2.20. The van der Waals surface area contributed by atoms with E-state index in [0.29, 0.717) is 0 Å². The van der Waals surface area contributed by atoms with E-state index in [9.17, 15) is 0 Å². The van der Waals surface area contributed by atoms with Gasteiger partial charge < -0.3 is 9.80 Å². The first-order valence-corrected chi connectivity index (χ1v) is 27.0. The van der Waals surface area contributed by atoms with E-state index in [1.54, 1.807) is 0 Å². The number of para-hydroxylation sites is 2. The number of nitrogens with zero attached hydrogens (tertiary/aromatic N) is 6. The van der Waals surface area contributed by atoms with Crippen molar-refractivity contribution in [2.45, 2.75) is 0 Å². The largest absolute Gasteiger partial charge is 0.310 e. The van der Waals surface area contributed by atoms with Crippen molar-refractivity contribution in [1.29, 1.82) is 0 Å². The zero-order chi connectivity index (χ0) is 53.2. The minimum absolute atomic E-state index is 0.923. The summed E-state index contributed by atoms with van der Waals surface area (Å²) in [5.74, 6) is 0. The second-order valence-corrected chi connectivity index (χ2v) is 19.9. The molecule has 0 bridgehead atoms. The zero-order valence-electron chi connectivity index (χ0n) is 43.7. The normalized spacial score (nSPS) is 11.2. The minimum Gasteiger partial charge on any atom is -0.310 e. The molecule has 378 valence electrons. The van der Waals surface area contributed by atoms with Crippen LogP contribution in [0.25, 0.3) is 89.7 Å². The number of rotatable bonds is 13. The van der Waals surface area contributed by atoms with Gasteiger partial charge in [-0.25, -0.2) is 9.97 Å². The summed E-state index contributed by atoms with van der Waals surface area (Å²) in [6.07, 6.45) is 4.18. The standard InChI is InChI=1S/C74H52N6/c1-5-19-59(20-6-1)73-71(75-69-31-13-15-49-77(69)73)57-37-33-55(34-38-57)61-23-17-29-67(51-61)79(63-25-9-3-10-26-63)65-45-41-53(42-46-65)54-43-47-66(48-44-54)80(64-27-11-4-12-28-64)68-30-18-24-62(52-68)56-35-39-58(40-36-56)72-74(60-21-7-2-8-22-60)78-50-16-14-32-70(78)76-72/h1-52H. The van der Waals surface area contributed by atoms with Crippen molar-refractivity contribution in [3.8, 4) is 78.4 Å². The van der Waals surface area contributed by atoms with Crippen LogP contribution >= 0.6 is 0 Å². The average Bonchev–Trinajstić information content (AvgIpc) is 4.20. The van der Waals surface area contributed by atoms with E-state index >= 15 is 0 Å². The Labute approximate surface area is 465 Å². The first-order chi connectivity index (χ1) is 39.7. The van der Waals surface area contributed by atoms with Crippen molar-refractivity contribution in [2.24, 2.45) is 0 Å². The number of imidazole rings is 2. The third kappa shape index (κ3) is 9.16. The van der Waals surface area contributed by atoms with Crippen molar-refractivity contribution >= 4 is 45.4 Å². The van der Waals surface area contributed by atoms with Gasteiger partial charge in [0.25, 0.3) is 0 Å². The van der Waals surface area contributed by atoms with Gasteiger partial charge in [-0.05, 0) is 130 Å². The molecule has 4 heterocycles. The van der Waals surface area contributed by atoms with Crippen molar-refractivity contribution in [2.75, 3.05) is 9.80 Å². The highest BCUT2D eigenvalue weighted by Crippen LogP contribution is 2.42. The minimum atomic E-state index is 0.923. The topological polar surface area (TPSA) is 41.1 Å². The summed E-state index contributed by atoms with van der Waals surface area (Å²) in [4.78, 5) is 14.9. The van der Waals surface area contributed by atoms with E-state index in [1.165, 1.54) is 0 Å². The molecule has 80 heavy (non-hydrogen) atoms. The van der Waals surface area contributed by atoms with Gasteiger partial charge in [0.15, 0.2) is 0 Å². The molecule has 0 spiro atoms. The number of fused-ring (bicyclic) bond motifs is 2. The lowest BCUT2D eigenvalue weighted by molar-refractivity contribution is 1.19. The van der Waals surface area contributed by atoms with Crippen molar-refractivity contribution < 1.29 is 0 Å². The van der Waals surface area contributed by atoms with Crippen LogP contribution in [0.3, 0.4) is 0 Å². The fraction of sp³-hybridized carbons (Fsp3) is 0. The van der Waals surface area contributed by atoms with E-state index < -0.39 is 0 Å². The van der Waals surface area contributed by atoms with Crippen LogP contribution in [0.1, 0.15) is 0 Å². The lowest BCUT2D eigenvalue weighted by Gasteiger charge is -2.27. The molecule has 0 fully saturated rings. The van der Waals surface area contributed by atoms with Gasteiger partial charge in [-0.2, -0.15) is 0 Å². The Morgan fingerprint density at radius 3 is 0.887 bits per heavy atom. The molecule has 14 aromatic rings. The van der Waals surface area contributed by atoms with Gasteiger partial charge in [-0.3, -0.25) is 8.80 Å². The lowest BCUT2D eigenvalue weighted by Crippen LogP contribution is -2.10. The lowest BCUT2D eigenvalue weighted by atomic mass is 9.99. The molecule has 10 aromatic carbocycles. The number of benzene rings is 10. The molecule has 0 radical (unpaired) electrons.